The average Bonchev–Trinajstić information content (AvgIpc) is 2.95. The lowest BCUT2D eigenvalue weighted by atomic mass is 10.1. The number of para-hydroxylation sites is 1. The van der Waals surface area contributed by atoms with Crippen molar-refractivity contribution in [1.82, 2.24) is 9.88 Å². The number of carbonyl (C=O) groups excluding carboxylic acids is 2. The lowest BCUT2D eigenvalue weighted by Gasteiger charge is -2.19. The number of fused-ring (bicyclic) bond motifs is 1. The quantitative estimate of drug-likeness (QED) is 0.634. The van der Waals surface area contributed by atoms with Gasteiger partial charge in [0.1, 0.15) is 18.2 Å². The molecule has 0 aliphatic carbocycles. The SMILES string of the molecule is C=CCOC(=O)[C@H](Cc1cn(C(=O)OC(C)(C)C)c2ccccc12)NC. The monoisotopic (exact) mass is 358 g/mol. The zero-order chi connectivity index (χ0) is 19.3. The number of rotatable bonds is 6. The predicted octanol–water partition coefficient (Wildman–Crippen LogP) is 3.28. The van der Waals surface area contributed by atoms with E-state index in [0.29, 0.717) is 6.42 Å². The zero-order valence-electron chi connectivity index (χ0n) is 15.7. The number of likely N-dealkylation sites (N-methyl/N-ethyl adjacent to an activating group) is 1. The van der Waals surface area contributed by atoms with Crippen LogP contribution < -0.4 is 5.32 Å². The largest absolute Gasteiger partial charge is 0.460 e. The third-order valence-electron chi connectivity index (χ3n) is 3.79. The molecule has 140 valence electrons. The molecule has 0 unspecified atom stereocenters. The van der Waals surface area contributed by atoms with Crippen LogP contribution in [0.1, 0.15) is 26.3 Å². The van der Waals surface area contributed by atoms with Gasteiger partial charge in [-0.1, -0.05) is 30.9 Å². The molecule has 0 amide bonds. The molecule has 2 rings (SSSR count). The normalized spacial score (nSPS) is 12.6. The van der Waals surface area contributed by atoms with Gasteiger partial charge in [0.05, 0.1) is 5.52 Å². The smallest absolute Gasteiger partial charge is 0.419 e. The van der Waals surface area contributed by atoms with E-state index < -0.39 is 17.7 Å². The van der Waals surface area contributed by atoms with Gasteiger partial charge in [0, 0.05) is 18.0 Å². The van der Waals surface area contributed by atoms with Crippen LogP contribution in [-0.4, -0.2) is 41.9 Å². The molecule has 1 aromatic heterocycles. The third kappa shape index (κ3) is 4.73. The fourth-order valence-corrected chi connectivity index (χ4v) is 2.64. The number of nitrogens with zero attached hydrogens (tertiary/aromatic N) is 1. The molecule has 26 heavy (non-hydrogen) atoms. The standard InChI is InChI=1S/C20H26N2O4/c1-6-11-25-18(23)16(21-5)12-14-13-22(19(24)26-20(2,3)4)17-10-8-7-9-15(14)17/h6-10,13,16,21H,1,11-12H2,2-5H3/t16-/m0/s1. The van der Waals surface area contributed by atoms with E-state index in [0.717, 1.165) is 16.5 Å². The maximum atomic E-state index is 12.5. The van der Waals surface area contributed by atoms with Gasteiger partial charge in [-0.05, 0) is 39.4 Å². The van der Waals surface area contributed by atoms with Gasteiger partial charge < -0.3 is 14.8 Å². The maximum Gasteiger partial charge on any atom is 0.419 e. The molecule has 1 N–H and O–H groups in total. The number of ether oxygens (including phenoxy) is 2. The Balaban J connectivity index is 2.34. The van der Waals surface area contributed by atoms with Gasteiger partial charge in [0.15, 0.2) is 0 Å². The Labute approximate surface area is 153 Å². The summed E-state index contributed by atoms with van der Waals surface area (Å²) >= 11 is 0. The van der Waals surface area contributed by atoms with Gasteiger partial charge in [0.25, 0.3) is 0 Å². The summed E-state index contributed by atoms with van der Waals surface area (Å²) in [5, 5.41) is 3.86. The summed E-state index contributed by atoms with van der Waals surface area (Å²) in [4.78, 5) is 24.7. The van der Waals surface area contributed by atoms with E-state index in [2.05, 4.69) is 11.9 Å². The second-order valence-corrected chi connectivity index (χ2v) is 6.99. The van der Waals surface area contributed by atoms with Crippen LogP contribution in [0.5, 0.6) is 0 Å². The molecule has 0 radical (unpaired) electrons. The van der Waals surface area contributed by atoms with Crippen molar-refractivity contribution in [1.29, 1.82) is 0 Å². The highest BCUT2D eigenvalue weighted by atomic mass is 16.6. The lowest BCUT2D eigenvalue weighted by Crippen LogP contribution is -2.37. The molecular formula is C20H26N2O4. The molecule has 0 bridgehead atoms. The van der Waals surface area contributed by atoms with Gasteiger partial charge >= 0.3 is 12.1 Å². The molecule has 0 saturated carbocycles. The van der Waals surface area contributed by atoms with Crippen LogP contribution in [0, 0.1) is 0 Å². The maximum absolute atomic E-state index is 12.5. The highest BCUT2D eigenvalue weighted by molar-refractivity contribution is 5.92. The Bertz CT molecular complexity index is 802. The van der Waals surface area contributed by atoms with E-state index in [-0.39, 0.29) is 12.6 Å². The summed E-state index contributed by atoms with van der Waals surface area (Å²) in [6, 6.07) is 7.02. The Kier molecular flexibility index (Phi) is 6.21. The van der Waals surface area contributed by atoms with Gasteiger partial charge in [-0.3, -0.25) is 9.36 Å². The van der Waals surface area contributed by atoms with E-state index in [1.54, 1.807) is 13.2 Å². The number of carbonyl (C=O) groups is 2. The van der Waals surface area contributed by atoms with Gasteiger partial charge in [-0.15, -0.1) is 0 Å². The van der Waals surface area contributed by atoms with Crippen molar-refractivity contribution in [2.24, 2.45) is 0 Å². The van der Waals surface area contributed by atoms with Crippen LogP contribution >= 0.6 is 0 Å². The van der Waals surface area contributed by atoms with E-state index in [1.165, 1.54) is 10.6 Å². The number of hydrogen-bond acceptors (Lipinski definition) is 5. The average molecular weight is 358 g/mol. The van der Waals surface area contributed by atoms with Crippen molar-refractivity contribution in [3.63, 3.8) is 0 Å². The minimum Gasteiger partial charge on any atom is -0.460 e. The van der Waals surface area contributed by atoms with E-state index in [9.17, 15) is 9.59 Å². The minimum absolute atomic E-state index is 0.163. The van der Waals surface area contributed by atoms with Gasteiger partial charge in [-0.2, -0.15) is 0 Å². The summed E-state index contributed by atoms with van der Waals surface area (Å²) in [6.45, 7) is 9.18. The summed E-state index contributed by atoms with van der Waals surface area (Å²) < 4.78 is 12.1. The summed E-state index contributed by atoms with van der Waals surface area (Å²) in [5.41, 5.74) is 1.01. The molecule has 2 aromatic rings. The van der Waals surface area contributed by atoms with E-state index in [4.69, 9.17) is 9.47 Å². The molecular weight excluding hydrogens is 332 g/mol. The van der Waals surface area contributed by atoms with Gasteiger partial charge in [-0.25, -0.2) is 4.79 Å². The Morgan fingerprint density at radius 3 is 2.62 bits per heavy atom. The highest BCUT2D eigenvalue weighted by Crippen LogP contribution is 2.24. The molecule has 6 heteroatoms. The third-order valence-corrected chi connectivity index (χ3v) is 3.79. The van der Waals surface area contributed by atoms with E-state index in [1.807, 2.05) is 45.0 Å². The molecule has 0 saturated heterocycles. The van der Waals surface area contributed by atoms with Crippen molar-refractivity contribution in [2.75, 3.05) is 13.7 Å². The minimum atomic E-state index is -0.593. The second kappa shape index (κ2) is 8.19. The summed E-state index contributed by atoms with van der Waals surface area (Å²) in [5.74, 6) is -0.360. The molecule has 0 fully saturated rings. The number of esters is 1. The van der Waals surface area contributed by atoms with Crippen LogP contribution in [-0.2, 0) is 20.7 Å². The first kappa shape index (κ1) is 19.7. The van der Waals surface area contributed by atoms with Crippen LogP contribution in [0.15, 0.2) is 43.1 Å². The van der Waals surface area contributed by atoms with Crippen molar-refractivity contribution in [2.45, 2.75) is 38.8 Å². The van der Waals surface area contributed by atoms with E-state index >= 15 is 0 Å². The fourth-order valence-electron chi connectivity index (χ4n) is 2.64. The first-order chi connectivity index (χ1) is 12.3. The second-order valence-electron chi connectivity index (χ2n) is 6.99. The first-order valence-corrected chi connectivity index (χ1v) is 8.54. The number of benzene rings is 1. The Hall–Kier alpha value is -2.60. The molecule has 1 atom stereocenters. The summed E-state index contributed by atoms with van der Waals surface area (Å²) in [6.07, 6.45) is 3.20. The molecule has 0 aliphatic heterocycles. The van der Waals surface area contributed by atoms with Crippen LogP contribution in [0.3, 0.4) is 0 Å². The first-order valence-electron chi connectivity index (χ1n) is 8.54. The number of aromatic nitrogens is 1. The van der Waals surface area contributed by atoms with Gasteiger partial charge in [0.2, 0.25) is 0 Å². The summed E-state index contributed by atoms with van der Waals surface area (Å²) in [7, 11) is 1.70. The predicted molar refractivity (Wildman–Crippen MR) is 101 cm³/mol. The topological polar surface area (TPSA) is 69.6 Å². The molecule has 1 heterocycles. The number of nitrogens with one attached hydrogen (secondary N) is 1. The highest BCUT2D eigenvalue weighted by Gasteiger charge is 2.24. The van der Waals surface area contributed by atoms with Crippen LogP contribution in [0.25, 0.3) is 10.9 Å². The lowest BCUT2D eigenvalue weighted by molar-refractivity contribution is -0.144. The van der Waals surface area contributed by atoms with Crippen molar-refractivity contribution < 1.29 is 19.1 Å². The van der Waals surface area contributed by atoms with Crippen molar-refractivity contribution in [3.8, 4) is 0 Å². The molecule has 1 aromatic carbocycles. The molecule has 0 spiro atoms. The van der Waals surface area contributed by atoms with Crippen LogP contribution in [0.2, 0.25) is 0 Å². The Morgan fingerprint density at radius 1 is 1.31 bits per heavy atom. The number of hydrogen-bond donors (Lipinski definition) is 1. The fraction of sp³-hybridized carbons (Fsp3) is 0.400. The van der Waals surface area contributed by atoms with Crippen LogP contribution in [0.4, 0.5) is 4.79 Å². The molecule has 6 nitrogen and oxygen atoms in total. The Morgan fingerprint density at radius 2 is 2.00 bits per heavy atom. The zero-order valence-corrected chi connectivity index (χ0v) is 15.7. The van der Waals surface area contributed by atoms with Crippen molar-refractivity contribution in [3.05, 3.63) is 48.7 Å². The molecule has 0 aliphatic rings. The van der Waals surface area contributed by atoms with Crippen molar-refractivity contribution >= 4 is 23.0 Å².